The van der Waals surface area contributed by atoms with Crippen molar-refractivity contribution < 1.29 is 13.2 Å². The van der Waals surface area contributed by atoms with Crippen molar-refractivity contribution in [2.75, 3.05) is 6.54 Å². The van der Waals surface area contributed by atoms with Crippen LogP contribution in [-0.4, -0.2) is 11.5 Å². The maximum atomic E-state index is 13.0. The van der Waals surface area contributed by atoms with Crippen molar-refractivity contribution in [3.05, 3.63) is 40.2 Å². The molecule has 0 bridgehead atoms. The van der Waals surface area contributed by atoms with Crippen LogP contribution in [0.2, 0.25) is 0 Å². The van der Waals surface area contributed by atoms with E-state index in [9.17, 15) is 13.2 Å². The summed E-state index contributed by atoms with van der Waals surface area (Å²) in [4.78, 5) is 4.34. The SMILES string of the molecule is CC(C)(CN)c1nc(-c2ccccc2C(F)(F)F)cs1. The molecule has 0 aliphatic heterocycles. The maximum Gasteiger partial charge on any atom is 0.417 e. The first-order chi connectivity index (χ1) is 9.25. The molecule has 1 aromatic heterocycles. The summed E-state index contributed by atoms with van der Waals surface area (Å²) in [6.45, 7) is 4.23. The quantitative estimate of drug-likeness (QED) is 0.928. The molecule has 2 aromatic rings. The summed E-state index contributed by atoms with van der Waals surface area (Å²) in [5, 5.41) is 2.39. The lowest BCUT2D eigenvalue weighted by Crippen LogP contribution is -2.27. The van der Waals surface area contributed by atoms with Crippen LogP contribution in [0.3, 0.4) is 0 Å². The number of nitrogens with zero attached hydrogens (tertiary/aromatic N) is 1. The number of alkyl halides is 3. The Morgan fingerprint density at radius 2 is 1.85 bits per heavy atom. The fourth-order valence-corrected chi connectivity index (χ4v) is 2.71. The van der Waals surface area contributed by atoms with Crippen molar-refractivity contribution in [2.45, 2.75) is 25.4 Å². The van der Waals surface area contributed by atoms with Crippen LogP contribution >= 0.6 is 11.3 Å². The lowest BCUT2D eigenvalue weighted by atomic mass is 9.95. The van der Waals surface area contributed by atoms with Crippen molar-refractivity contribution >= 4 is 11.3 Å². The minimum atomic E-state index is -4.39. The third kappa shape index (κ3) is 2.86. The van der Waals surface area contributed by atoms with Gasteiger partial charge in [-0.25, -0.2) is 4.98 Å². The number of hydrogen-bond donors (Lipinski definition) is 1. The zero-order chi connectivity index (χ0) is 15.0. The lowest BCUT2D eigenvalue weighted by molar-refractivity contribution is -0.137. The summed E-state index contributed by atoms with van der Waals surface area (Å²) in [5.41, 5.74) is 5.12. The van der Waals surface area contributed by atoms with Gasteiger partial charge in [-0.2, -0.15) is 13.2 Å². The lowest BCUT2D eigenvalue weighted by Gasteiger charge is -2.18. The molecule has 1 heterocycles. The Balaban J connectivity index is 2.49. The zero-order valence-corrected chi connectivity index (χ0v) is 12.0. The first-order valence-corrected chi connectivity index (χ1v) is 6.96. The van der Waals surface area contributed by atoms with Gasteiger partial charge in [-0.1, -0.05) is 32.0 Å². The van der Waals surface area contributed by atoms with E-state index in [1.165, 1.54) is 23.5 Å². The molecule has 0 aliphatic carbocycles. The molecule has 0 amide bonds. The molecule has 0 fully saturated rings. The van der Waals surface area contributed by atoms with Gasteiger partial charge in [0.15, 0.2) is 0 Å². The van der Waals surface area contributed by atoms with Crippen LogP contribution in [0.15, 0.2) is 29.6 Å². The second kappa shape index (κ2) is 5.18. The van der Waals surface area contributed by atoms with Crippen molar-refractivity contribution in [3.63, 3.8) is 0 Å². The third-order valence-corrected chi connectivity index (χ3v) is 4.31. The number of hydrogen-bond acceptors (Lipinski definition) is 3. The number of benzene rings is 1. The predicted octanol–water partition coefficient (Wildman–Crippen LogP) is 4.07. The van der Waals surface area contributed by atoms with Gasteiger partial charge in [-0.05, 0) is 6.07 Å². The molecule has 0 saturated carbocycles. The van der Waals surface area contributed by atoms with E-state index in [-0.39, 0.29) is 11.0 Å². The molecular formula is C14H15F3N2S. The van der Waals surface area contributed by atoms with Gasteiger partial charge in [0, 0.05) is 22.9 Å². The smallest absolute Gasteiger partial charge is 0.330 e. The summed E-state index contributed by atoms with van der Waals surface area (Å²) >= 11 is 1.34. The molecule has 6 heteroatoms. The van der Waals surface area contributed by atoms with Crippen LogP contribution in [0.4, 0.5) is 13.2 Å². The summed E-state index contributed by atoms with van der Waals surface area (Å²) in [6.07, 6.45) is -4.39. The highest BCUT2D eigenvalue weighted by Gasteiger charge is 2.34. The zero-order valence-electron chi connectivity index (χ0n) is 11.2. The Labute approximate surface area is 119 Å². The molecule has 108 valence electrons. The van der Waals surface area contributed by atoms with E-state index in [4.69, 9.17) is 5.73 Å². The van der Waals surface area contributed by atoms with E-state index in [0.717, 1.165) is 11.1 Å². The van der Waals surface area contributed by atoms with Crippen LogP contribution in [0, 0.1) is 0 Å². The van der Waals surface area contributed by atoms with E-state index in [2.05, 4.69) is 4.98 Å². The predicted molar refractivity (Wildman–Crippen MR) is 74.6 cm³/mol. The second-order valence-corrected chi connectivity index (χ2v) is 6.03. The van der Waals surface area contributed by atoms with Gasteiger partial charge >= 0.3 is 6.18 Å². The van der Waals surface area contributed by atoms with Gasteiger partial charge in [0.1, 0.15) is 5.01 Å². The molecular weight excluding hydrogens is 285 g/mol. The highest BCUT2D eigenvalue weighted by molar-refractivity contribution is 7.10. The van der Waals surface area contributed by atoms with Crippen LogP contribution in [0.1, 0.15) is 24.4 Å². The highest BCUT2D eigenvalue weighted by Crippen LogP contribution is 2.38. The maximum absolute atomic E-state index is 13.0. The average molecular weight is 300 g/mol. The normalized spacial score (nSPS) is 12.7. The van der Waals surface area contributed by atoms with Crippen molar-refractivity contribution in [1.29, 1.82) is 0 Å². The molecule has 1 aromatic carbocycles. The Hall–Kier alpha value is -1.40. The highest BCUT2D eigenvalue weighted by atomic mass is 32.1. The molecule has 0 radical (unpaired) electrons. The van der Waals surface area contributed by atoms with Crippen LogP contribution in [0.5, 0.6) is 0 Å². The molecule has 0 atom stereocenters. The van der Waals surface area contributed by atoms with Crippen LogP contribution in [-0.2, 0) is 11.6 Å². The Kier molecular flexibility index (Phi) is 3.88. The second-order valence-electron chi connectivity index (χ2n) is 5.17. The Morgan fingerprint density at radius 3 is 2.45 bits per heavy atom. The molecule has 2 rings (SSSR count). The summed E-state index contributed by atoms with van der Waals surface area (Å²) in [7, 11) is 0. The minimum absolute atomic E-state index is 0.107. The Bertz CT molecular complexity index is 602. The Morgan fingerprint density at radius 1 is 1.20 bits per heavy atom. The average Bonchev–Trinajstić information content (AvgIpc) is 2.88. The van der Waals surface area contributed by atoms with E-state index < -0.39 is 11.7 Å². The van der Waals surface area contributed by atoms with Gasteiger partial charge in [0.25, 0.3) is 0 Å². The largest absolute Gasteiger partial charge is 0.417 e. The van der Waals surface area contributed by atoms with E-state index in [1.807, 2.05) is 13.8 Å². The van der Waals surface area contributed by atoms with E-state index in [0.29, 0.717) is 12.2 Å². The number of nitrogens with two attached hydrogens (primary N) is 1. The number of thiazole rings is 1. The molecule has 2 nitrogen and oxygen atoms in total. The third-order valence-electron chi connectivity index (χ3n) is 3.10. The standard InChI is InChI=1S/C14H15F3N2S/c1-13(2,8-18)12-19-11(7-20-12)9-5-3-4-6-10(9)14(15,16)17/h3-7H,8,18H2,1-2H3. The number of rotatable bonds is 3. The van der Waals surface area contributed by atoms with Crippen molar-refractivity contribution in [2.24, 2.45) is 5.73 Å². The first kappa shape index (κ1) is 15.0. The van der Waals surface area contributed by atoms with Crippen molar-refractivity contribution in [3.8, 4) is 11.3 Å². The molecule has 20 heavy (non-hydrogen) atoms. The fraction of sp³-hybridized carbons (Fsp3) is 0.357. The van der Waals surface area contributed by atoms with Gasteiger partial charge in [0.2, 0.25) is 0 Å². The molecule has 0 spiro atoms. The molecule has 0 aliphatic rings. The van der Waals surface area contributed by atoms with Gasteiger partial charge in [-0.15, -0.1) is 11.3 Å². The number of aromatic nitrogens is 1. The number of halogens is 3. The van der Waals surface area contributed by atoms with E-state index >= 15 is 0 Å². The van der Waals surface area contributed by atoms with Gasteiger partial charge in [-0.3, -0.25) is 0 Å². The monoisotopic (exact) mass is 300 g/mol. The topological polar surface area (TPSA) is 38.9 Å². The molecule has 2 N–H and O–H groups in total. The molecule has 0 saturated heterocycles. The van der Waals surface area contributed by atoms with Crippen LogP contribution < -0.4 is 5.73 Å². The van der Waals surface area contributed by atoms with Gasteiger partial charge < -0.3 is 5.73 Å². The fourth-order valence-electron chi connectivity index (χ4n) is 1.75. The summed E-state index contributed by atoms with van der Waals surface area (Å²) in [5.74, 6) is 0. The first-order valence-electron chi connectivity index (χ1n) is 6.08. The van der Waals surface area contributed by atoms with E-state index in [1.54, 1.807) is 11.4 Å². The summed E-state index contributed by atoms with van der Waals surface area (Å²) < 4.78 is 39.0. The van der Waals surface area contributed by atoms with Gasteiger partial charge in [0.05, 0.1) is 11.3 Å². The van der Waals surface area contributed by atoms with Crippen molar-refractivity contribution in [1.82, 2.24) is 4.98 Å². The minimum Gasteiger partial charge on any atom is -0.330 e. The summed E-state index contributed by atoms with van der Waals surface area (Å²) in [6, 6.07) is 5.47. The van der Waals surface area contributed by atoms with Crippen LogP contribution in [0.25, 0.3) is 11.3 Å². The molecule has 0 unspecified atom stereocenters.